The fourth-order valence-corrected chi connectivity index (χ4v) is 4.13. The van der Waals surface area contributed by atoms with Crippen molar-refractivity contribution in [3.63, 3.8) is 0 Å². The Bertz CT molecular complexity index is 1150. The number of hydrogen-bond donors (Lipinski definition) is 5. The maximum Gasteiger partial charge on any atom is 0.238 e. The third-order valence-corrected chi connectivity index (χ3v) is 6.20. The molecule has 2 heterocycles. The maximum atomic E-state index is 14.1. The molecule has 0 aliphatic carbocycles. The molecule has 10 heteroatoms. The summed E-state index contributed by atoms with van der Waals surface area (Å²) >= 11 is 0. The summed E-state index contributed by atoms with van der Waals surface area (Å²) in [5.74, 6) is 0.413. The van der Waals surface area contributed by atoms with Crippen LogP contribution in [0.5, 0.6) is 11.6 Å². The van der Waals surface area contributed by atoms with Gasteiger partial charge in [0.2, 0.25) is 12.2 Å². The molecule has 0 amide bonds. The number of benzene rings is 2. The first-order chi connectivity index (χ1) is 17.3. The summed E-state index contributed by atoms with van der Waals surface area (Å²) in [6, 6.07) is 13.8. The maximum absolute atomic E-state index is 14.1. The zero-order valence-electron chi connectivity index (χ0n) is 20.0. The quantitative estimate of drug-likeness (QED) is 0.300. The Morgan fingerprint density at radius 1 is 1.00 bits per heavy atom. The van der Waals surface area contributed by atoms with Crippen molar-refractivity contribution in [3.8, 4) is 11.6 Å². The second-order valence-corrected chi connectivity index (χ2v) is 9.06. The van der Waals surface area contributed by atoms with Gasteiger partial charge in [-0.15, -0.1) is 5.10 Å². The third-order valence-electron chi connectivity index (χ3n) is 6.20. The van der Waals surface area contributed by atoms with Crippen LogP contribution in [0.3, 0.4) is 0 Å². The van der Waals surface area contributed by atoms with E-state index in [1.54, 1.807) is 24.3 Å². The molecule has 1 aliphatic rings. The molecule has 9 nitrogen and oxygen atoms in total. The average Bonchev–Trinajstić information content (AvgIpc) is 3.27. The molecular weight excluding hydrogens is 471 g/mol. The number of rotatable bonds is 9. The number of aliphatic hydroxyl groups is 4. The molecule has 0 spiro atoms. The third kappa shape index (κ3) is 5.53. The molecule has 5 N–H and O–H groups in total. The van der Waals surface area contributed by atoms with Gasteiger partial charge in [-0.1, -0.05) is 50.2 Å². The Balaban J connectivity index is 1.58. The van der Waals surface area contributed by atoms with Crippen molar-refractivity contribution in [2.75, 3.05) is 6.61 Å². The number of aromatic amines is 1. The average molecular weight is 503 g/mol. The van der Waals surface area contributed by atoms with Crippen molar-refractivity contribution in [1.82, 2.24) is 10.2 Å². The molecule has 1 aromatic heterocycles. The molecule has 3 aromatic rings. The fraction of sp³-hybridized carbons (Fsp3) is 0.423. The van der Waals surface area contributed by atoms with Gasteiger partial charge in [-0.05, 0) is 23.6 Å². The van der Waals surface area contributed by atoms with Crippen LogP contribution in [0.25, 0.3) is 0 Å². The van der Waals surface area contributed by atoms with E-state index >= 15 is 0 Å². The zero-order chi connectivity index (χ0) is 25.8. The van der Waals surface area contributed by atoms with Crippen LogP contribution in [0.15, 0.2) is 48.5 Å². The smallest absolute Gasteiger partial charge is 0.238 e. The van der Waals surface area contributed by atoms with Crippen molar-refractivity contribution >= 4 is 0 Å². The molecule has 2 aromatic carbocycles. The lowest BCUT2D eigenvalue weighted by molar-refractivity contribution is -0.278. The largest absolute Gasteiger partial charge is 0.489 e. The molecule has 1 saturated heterocycles. The Morgan fingerprint density at radius 2 is 1.69 bits per heavy atom. The number of halogens is 1. The van der Waals surface area contributed by atoms with Gasteiger partial charge in [0.25, 0.3) is 0 Å². The fourth-order valence-electron chi connectivity index (χ4n) is 4.13. The lowest BCUT2D eigenvalue weighted by Gasteiger charge is -2.39. The summed E-state index contributed by atoms with van der Waals surface area (Å²) < 4.78 is 31.3. The van der Waals surface area contributed by atoms with Crippen LogP contribution in [-0.4, -0.2) is 67.9 Å². The van der Waals surface area contributed by atoms with Crippen molar-refractivity contribution in [2.45, 2.75) is 63.5 Å². The number of ether oxygens (including phenoxy) is 3. The van der Waals surface area contributed by atoms with Crippen LogP contribution in [-0.2, 0) is 17.8 Å². The molecule has 1 unspecified atom stereocenters. The van der Waals surface area contributed by atoms with Gasteiger partial charge in [0, 0.05) is 23.2 Å². The van der Waals surface area contributed by atoms with Crippen LogP contribution in [0.1, 0.15) is 42.1 Å². The predicted molar refractivity (Wildman–Crippen MR) is 127 cm³/mol. The van der Waals surface area contributed by atoms with Crippen molar-refractivity contribution in [1.29, 1.82) is 0 Å². The highest BCUT2D eigenvalue weighted by Gasteiger charge is 2.45. The molecule has 0 saturated carbocycles. The van der Waals surface area contributed by atoms with Gasteiger partial charge in [-0.3, -0.25) is 5.10 Å². The van der Waals surface area contributed by atoms with E-state index in [1.165, 1.54) is 6.07 Å². The lowest BCUT2D eigenvalue weighted by Crippen LogP contribution is -2.60. The van der Waals surface area contributed by atoms with Gasteiger partial charge in [0.1, 0.15) is 42.6 Å². The van der Waals surface area contributed by atoms with Crippen molar-refractivity contribution in [3.05, 3.63) is 76.7 Å². The number of hydrogen-bond acceptors (Lipinski definition) is 8. The molecule has 5 atom stereocenters. The number of para-hydroxylation sites is 1. The van der Waals surface area contributed by atoms with E-state index < -0.39 is 37.3 Å². The molecule has 4 rings (SSSR count). The van der Waals surface area contributed by atoms with E-state index in [0.717, 1.165) is 11.3 Å². The number of aliphatic hydroxyl groups excluding tert-OH is 4. The highest BCUT2D eigenvalue weighted by atomic mass is 19.1. The molecular formula is C26H31FN2O7. The van der Waals surface area contributed by atoms with Gasteiger partial charge < -0.3 is 34.6 Å². The van der Waals surface area contributed by atoms with Crippen LogP contribution < -0.4 is 9.47 Å². The molecule has 1 aliphatic heterocycles. The SMILES string of the molecule is CC(C)c1[nH]nc(OC2O[C@H](CO)[C@@H](O)[C@H](O)[C@H]2O)c1Cc1ccccc1OCc1ccccc1F. The Kier molecular flexibility index (Phi) is 8.22. The van der Waals surface area contributed by atoms with E-state index in [-0.39, 0.29) is 24.2 Å². The van der Waals surface area contributed by atoms with Gasteiger partial charge in [0.15, 0.2) is 0 Å². The predicted octanol–water partition coefficient (Wildman–Crippen LogP) is 2.02. The molecule has 194 valence electrons. The number of H-pyrrole nitrogens is 1. The summed E-state index contributed by atoms with van der Waals surface area (Å²) in [6.45, 7) is 3.45. The summed E-state index contributed by atoms with van der Waals surface area (Å²) in [5, 5.41) is 47.2. The lowest BCUT2D eigenvalue weighted by atomic mass is 9.98. The molecule has 0 bridgehead atoms. The Hall–Kier alpha value is -3.02. The van der Waals surface area contributed by atoms with Crippen LogP contribution in [0.4, 0.5) is 4.39 Å². The Morgan fingerprint density at radius 3 is 2.39 bits per heavy atom. The molecule has 36 heavy (non-hydrogen) atoms. The summed E-state index contributed by atoms with van der Waals surface area (Å²) in [7, 11) is 0. The molecule has 0 radical (unpaired) electrons. The minimum Gasteiger partial charge on any atom is -0.489 e. The van der Waals surface area contributed by atoms with Crippen LogP contribution >= 0.6 is 0 Å². The summed E-state index contributed by atoms with van der Waals surface area (Å²) in [4.78, 5) is 0. The highest BCUT2D eigenvalue weighted by Crippen LogP contribution is 2.33. The zero-order valence-corrected chi connectivity index (χ0v) is 20.0. The summed E-state index contributed by atoms with van der Waals surface area (Å²) in [6.07, 6.45) is -6.76. The van der Waals surface area contributed by atoms with E-state index in [9.17, 15) is 24.8 Å². The second kappa shape index (κ2) is 11.4. The normalized spacial score (nSPS) is 24.2. The standard InChI is InChI=1S/C26H31FN2O7/c1-14(2)21-17(25(29-28-21)36-26-24(33)23(32)22(31)20(12-30)35-26)11-15-7-4-6-10-19(15)34-13-16-8-3-5-9-18(16)27/h3-10,14,20,22-24,26,30-33H,11-13H2,1-2H3,(H,28,29)/t20-,22-,23+,24-,26?/m1/s1. The minimum atomic E-state index is -1.57. The van der Waals surface area contributed by atoms with Gasteiger partial charge in [0.05, 0.1) is 6.61 Å². The van der Waals surface area contributed by atoms with Crippen molar-refractivity contribution < 1.29 is 39.0 Å². The van der Waals surface area contributed by atoms with Gasteiger partial charge >= 0.3 is 0 Å². The van der Waals surface area contributed by atoms with Crippen LogP contribution in [0, 0.1) is 5.82 Å². The topological polar surface area (TPSA) is 137 Å². The second-order valence-electron chi connectivity index (χ2n) is 9.06. The minimum absolute atomic E-state index is 0.0474. The monoisotopic (exact) mass is 502 g/mol. The van der Waals surface area contributed by atoms with E-state index in [1.807, 2.05) is 32.0 Å². The van der Waals surface area contributed by atoms with Crippen LogP contribution in [0.2, 0.25) is 0 Å². The number of nitrogens with one attached hydrogen (secondary N) is 1. The van der Waals surface area contributed by atoms with E-state index in [2.05, 4.69) is 10.2 Å². The van der Waals surface area contributed by atoms with Gasteiger partial charge in [-0.25, -0.2) is 4.39 Å². The number of nitrogens with zero attached hydrogens (tertiary/aromatic N) is 1. The first kappa shape index (κ1) is 26.1. The first-order valence-electron chi connectivity index (χ1n) is 11.8. The van der Waals surface area contributed by atoms with E-state index in [4.69, 9.17) is 14.2 Å². The van der Waals surface area contributed by atoms with Crippen molar-refractivity contribution in [2.24, 2.45) is 0 Å². The van der Waals surface area contributed by atoms with Gasteiger partial charge in [-0.2, -0.15) is 0 Å². The Labute approximate surface area is 208 Å². The summed E-state index contributed by atoms with van der Waals surface area (Å²) in [5.41, 5.74) is 2.71. The first-order valence-corrected chi connectivity index (χ1v) is 11.8. The van der Waals surface area contributed by atoms with E-state index in [0.29, 0.717) is 23.3 Å². The number of aromatic nitrogens is 2. The molecule has 1 fully saturated rings. The highest BCUT2D eigenvalue weighted by molar-refractivity contribution is 5.43.